The van der Waals surface area contributed by atoms with Gasteiger partial charge in [-0.25, -0.2) is 0 Å². The first-order chi connectivity index (χ1) is 11.9. The molecular weight excluding hydrogens is 342 g/mol. The first kappa shape index (κ1) is 18.6. The van der Waals surface area contributed by atoms with Crippen molar-refractivity contribution in [2.24, 2.45) is 0 Å². The van der Waals surface area contributed by atoms with Crippen molar-refractivity contribution in [1.82, 2.24) is 5.32 Å². The number of thiophene rings is 1. The molecule has 0 radical (unpaired) electrons. The highest BCUT2D eigenvalue weighted by molar-refractivity contribution is 7.10. The van der Waals surface area contributed by atoms with Crippen LogP contribution in [0.5, 0.6) is 0 Å². The van der Waals surface area contributed by atoms with Gasteiger partial charge >= 0.3 is 11.8 Å². The summed E-state index contributed by atoms with van der Waals surface area (Å²) < 4.78 is 0. The van der Waals surface area contributed by atoms with Crippen LogP contribution in [0.2, 0.25) is 0 Å². The Morgan fingerprint density at radius 1 is 1.04 bits per heavy atom. The molecule has 25 heavy (non-hydrogen) atoms. The molecule has 1 heterocycles. The van der Waals surface area contributed by atoms with Crippen LogP contribution in [0.1, 0.15) is 23.5 Å². The van der Waals surface area contributed by atoms with Crippen LogP contribution < -0.4 is 16.0 Å². The highest BCUT2D eigenvalue weighted by Gasteiger charge is 2.17. The molecule has 0 fully saturated rings. The molecule has 1 atom stereocenters. The smallest absolute Gasteiger partial charge is 0.313 e. The number of amides is 3. The van der Waals surface area contributed by atoms with Crippen LogP contribution in [0.25, 0.3) is 0 Å². The van der Waals surface area contributed by atoms with Crippen molar-refractivity contribution < 1.29 is 19.5 Å². The van der Waals surface area contributed by atoms with Crippen LogP contribution in [-0.4, -0.2) is 29.4 Å². The molecule has 132 valence electrons. The average molecular weight is 361 g/mol. The van der Waals surface area contributed by atoms with Crippen LogP contribution >= 0.6 is 11.3 Å². The van der Waals surface area contributed by atoms with Gasteiger partial charge in [-0.3, -0.25) is 14.4 Å². The summed E-state index contributed by atoms with van der Waals surface area (Å²) in [5.41, 5.74) is 1.95. The second kappa shape index (κ2) is 8.41. The van der Waals surface area contributed by atoms with Gasteiger partial charge in [0.05, 0.1) is 0 Å². The van der Waals surface area contributed by atoms with E-state index in [1.807, 2.05) is 18.4 Å². The van der Waals surface area contributed by atoms with E-state index >= 15 is 0 Å². The number of hydrogen-bond acceptors (Lipinski definition) is 5. The summed E-state index contributed by atoms with van der Waals surface area (Å²) >= 11 is 1.39. The summed E-state index contributed by atoms with van der Waals surface area (Å²) in [4.78, 5) is 35.4. The molecule has 0 saturated carbocycles. The number of carbonyl (C=O) groups excluding carboxylic acids is 3. The lowest BCUT2D eigenvalue weighted by Crippen LogP contribution is -2.37. The molecule has 0 aliphatic heterocycles. The number of nitrogens with one attached hydrogen (secondary N) is 3. The predicted molar refractivity (Wildman–Crippen MR) is 96.4 cm³/mol. The Balaban J connectivity index is 1.84. The largest absolute Gasteiger partial charge is 0.386 e. The molecule has 7 nitrogen and oxygen atoms in total. The van der Waals surface area contributed by atoms with E-state index in [0.29, 0.717) is 11.4 Å². The summed E-state index contributed by atoms with van der Waals surface area (Å²) in [6, 6.07) is 8.24. The van der Waals surface area contributed by atoms with Gasteiger partial charge in [-0.05, 0) is 48.2 Å². The van der Waals surface area contributed by atoms with E-state index in [9.17, 15) is 19.5 Å². The average Bonchev–Trinajstić information content (AvgIpc) is 2.99. The maximum absolute atomic E-state index is 11.9. The zero-order chi connectivity index (χ0) is 18.4. The minimum Gasteiger partial charge on any atom is -0.386 e. The molecule has 1 aromatic heterocycles. The minimum absolute atomic E-state index is 0.0466. The number of hydrogen-bond donors (Lipinski definition) is 4. The molecule has 0 saturated heterocycles. The van der Waals surface area contributed by atoms with Crippen molar-refractivity contribution in [3.8, 4) is 0 Å². The van der Waals surface area contributed by atoms with E-state index in [4.69, 9.17) is 0 Å². The fraction of sp³-hybridized carbons (Fsp3) is 0.235. The summed E-state index contributed by atoms with van der Waals surface area (Å²) in [6.07, 6.45) is -0.853. The van der Waals surface area contributed by atoms with E-state index in [2.05, 4.69) is 16.0 Å². The monoisotopic (exact) mass is 361 g/mol. The third-order valence-electron chi connectivity index (χ3n) is 3.33. The molecule has 1 aromatic carbocycles. The molecular formula is C17H19N3O4S. The number of benzene rings is 1. The van der Waals surface area contributed by atoms with E-state index in [1.54, 1.807) is 24.3 Å². The molecule has 0 aliphatic rings. The van der Waals surface area contributed by atoms with Crippen molar-refractivity contribution in [1.29, 1.82) is 0 Å². The highest BCUT2D eigenvalue weighted by atomic mass is 32.1. The maximum Gasteiger partial charge on any atom is 0.313 e. The van der Waals surface area contributed by atoms with Gasteiger partial charge < -0.3 is 21.1 Å². The van der Waals surface area contributed by atoms with E-state index in [-0.39, 0.29) is 12.5 Å². The van der Waals surface area contributed by atoms with Crippen molar-refractivity contribution in [2.45, 2.75) is 20.0 Å². The van der Waals surface area contributed by atoms with Gasteiger partial charge in [0, 0.05) is 29.7 Å². The lowest BCUT2D eigenvalue weighted by atomic mass is 10.2. The van der Waals surface area contributed by atoms with Crippen molar-refractivity contribution in [3.63, 3.8) is 0 Å². The molecule has 2 aromatic rings. The van der Waals surface area contributed by atoms with Crippen LogP contribution in [0.15, 0.2) is 35.7 Å². The van der Waals surface area contributed by atoms with Gasteiger partial charge in [0.25, 0.3) is 0 Å². The number of aliphatic hydroxyl groups excluding tert-OH is 1. The van der Waals surface area contributed by atoms with E-state index < -0.39 is 17.9 Å². The quantitative estimate of drug-likeness (QED) is 0.609. The SMILES string of the molecule is CC(=O)Nc1ccc(NC(=O)C(=O)NCC(O)c2sccc2C)cc1. The highest BCUT2D eigenvalue weighted by Crippen LogP contribution is 2.23. The Kier molecular flexibility index (Phi) is 6.26. The van der Waals surface area contributed by atoms with Crippen LogP contribution in [0, 0.1) is 6.92 Å². The molecule has 3 amide bonds. The van der Waals surface area contributed by atoms with E-state index in [1.165, 1.54) is 18.3 Å². The van der Waals surface area contributed by atoms with E-state index in [0.717, 1.165) is 10.4 Å². The lowest BCUT2D eigenvalue weighted by Gasteiger charge is -2.11. The summed E-state index contributed by atoms with van der Waals surface area (Å²) in [6.45, 7) is 3.22. The summed E-state index contributed by atoms with van der Waals surface area (Å²) in [5, 5.41) is 19.4. The Hall–Kier alpha value is -2.71. The number of rotatable bonds is 5. The first-order valence-electron chi connectivity index (χ1n) is 7.55. The van der Waals surface area contributed by atoms with Gasteiger partial charge in [0.2, 0.25) is 5.91 Å². The Bertz CT molecular complexity index is 770. The zero-order valence-electron chi connectivity index (χ0n) is 13.8. The second-order valence-electron chi connectivity index (χ2n) is 5.41. The number of aliphatic hydroxyl groups is 1. The summed E-state index contributed by atoms with van der Waals surface area (Å²) in [7, 11) is 0. The number of aryl methyl sites for hydroxylation is 1. The number of anilines is 2. The van der Waals surface area contributed by atoms with Crippen LogP contribution in [0.4, 0.5) is 11.4 Å². The van der Waals surface area contributed by atoms with Gasteiger partial charge in [0.15, 0.2) is 0 Å². The fourth-order valence-corrected chi connectivity index (χ4v) is 3.03. The number of carbonyl (C=O) groups is 3. The third kappa shape index (κ3) is 5.40. The first-order valence-corrected chi connectivity index (χ1v) is 8.43. The molecule has 8 heteroatoms. The van der Waals surface area contributed by atoms with Gasteiger partial charge in [-0.2, -0.15) is 0 Å². The lowest BCUT2D eigenvalue weighted by molar-refractivity contribution is -0.136. The fourth-order valence-electron chi connectivity index (χ4n) is 2.12. The Morgan fingerprint density at radius 2 is 1.64 bits per heavy atom. The van der Waals surface area contributed by atoms with Crippen molar-refractivity contribution >= 4 is 40.4 Å². The van der Waals surface area contributed by atoms with Gasteiger partial charge in [-0.15, -0.1) is 11.3 Å². The van der Waals surface area contributed by atoms with Crippen LogP contribution in [0.3, 0.4) is 0 Å². The van der Waals surface area contributed by atoms with Crippen LogP contribution in [-0.2, 0) is 14.4 Å². The van der Waals surface area contributed by atoms with Gasteiger partial charge in [-0.1, -0.05) is 0 Å². The molecule has 0 spiro atoms. The molecule has 1 unspecified atom stereocenters. The predicted octanol–water partition coefficient (Wildman–Crippen LogP) is 1.80. The third-order valence-corrected chi connectivity index (χ3v) is 4.45. The second-order valence-corrected chi connectivity index (χ2v) is 6.35. The molecule has 0 bridgehead atoms. The summed E-state index contributed by atoms with van der Waals surface area (Å²) in [5.74, 6) is -1.86. The minimum atomic E-state index is -0.853. The topological polar surface area (TPSA) is 108 Å². The molecule has 0 aliphatic carbocycles. The molecule has 4 N–H and O–H groups in total. The van der Waals surface area contributed by atoms with Gasteiger partial charge in [0.1, 0.15) is 6.10 Å². The standard InChI is InChI=1S/C17H19N3O4S/c1-10-7-8-25-15(10)14(22)9-18-16(23)17(24)20-13-5-3-12(4-6-13)19-11(2)21/h3-8,14,22H,9H2,1-2H3,(H,18,23)(H,19,21)(H,20,24). The van der Waals surface area contributed by atoms with Crippen molar-refractivity contribution in [3.05, 3.63) is 46.2 Å². The Morgan fingerprint density at radius 3 is 2.16 bits per heavy atom. The van der Waals surface area contributed by atoms with Crippen molar-refractivity contribution in [2.75, 3.05) is 17.2 Å². The normalized spacial score (nSPS) is 11.5. The maximum atomic E-state index is 11.9. The molecule has 2 rings (SSSR count). The zero-order valence-corrected chi connectivity index (χ0v) is 14.6. The Labute approximate surface area is 149 Å².